The number of rotatable bonds is 10. The standard InChI is InChI=1S/C27H35FN4O7S/c1-29-40(35,36)31-23-6-4-5-18(25(23)28)13-21-22(16-30-15-17-9-11-37-12-10-17)20-8-7-19(38-27(34)32(2)3)14-24(20)39-26(21)33/h4-8,14,17,26,29-31,33H,9-13,15-16H2,1-3H3. The molecule has 1 unspecified atom stereocenters. The number of aliphatic hydroxyl groups is 1. The Morgan fingerprint density at radius 1 is 1.20 bits per heavy atom. The number of anilines is 1. The highest BCUT2D eigenvalue weighted by atomic mass is 32.2. The molecule has 4 rings (SSSR count). The van der Waals surface area contributed by atoms with E-state index in [-0.39, 0.29) is 23.4 Å². The highest BCUT2D eigenvalue weighted by Gasteiger charge is 2.29. The molecule has 0 aromatic heterocycles. The number of hydrogen-bond donors (Lipinski definition) is 4. The summed E-state index contributed by atoms with van der Waals surface area (Å²) in [4.78, 5) is 13.3. The van der Waals surface area contributed by atoms with Crippen LogP contribution in [0, 0.1) is 11.7 Å². The third kappa shape index (κ3) is 7.29. The van der Waals surface area contributed by atoms with Gasteiger partial charge in [-0.3, -0.25) is 4.72 Å². The molecule has 1 amide bonds. The Balaban J connectivity index is 1.66. The average molecular weight is 579 g/mol. The molecule has 2 aliphatic rings. The highest BCUT2D eigenvalue weighted by Crippen LogP contribution is 2.39. The first kappa shape index (κ1) is 29.7. The number of carbonyl (C=O) groups excluding carboxylic acids is 1. The van der Waals surface area contributed by atoms with Crippen molar-refractivity contribution in [3.05, 3.63) is 58.9 Å². The van der Waals surface area contributed by atoms with E-state index in [1.165, 1.54) is 36.2 Å². The van der Waals surface area contributed by atoms with Crippen LogP contribution in [0.15, 0.2) is 42.0 Å². The number of fused-ring (bicyclic) bond motifs is 1. The van der Waals surface area contributed by atoms with Crippen molar-refractivity contribution in [2.24, 2.45) is 5.92 Å². The molecular weight excluding hydrogens is 543 g/mol. The molecule has 0 saturated carbocycles. The van der Waals surface area contributed by atoms with Gasteiger partial charge in [0, 0.05) is 64.5 Å². The molecule has 2 heterocycles. The van der Waals surface area contributed by atoms with Crippen LogP contribution < -0.4 is 24.2 Å². The van der Waals surface area contributed by atoms with Crippen molar-refractivity contribution in [1.29, 1.82) is 0 Å². The summed E-state index contributed by atoms with van der Waals surface area (Å²) in [6.07, 6.45) is -0.114. The van der Waals surface area contributed by atoms with Crippen LogP contribution in [-0.2, 0) is 21.4 Å². The van der Waals surface area contributed by atoms with Gasteiger partial charge in [-0.05, 0) is 54.6 Å². The van der Waals surface area contributed by atoms with Crippen LogP contribution in [0.3, 0.4) is 0 Å². The number of hydrogen-bond acceptors (Lipinski definition) is 8. The third-order valence-corrected chi connectivity index (χ3v) is 7.85. The van der Waals surface area contributed by atoms with Crippen molar-refractivity contribution < 1.29 is 36.9 Å². The Morgan fingerprint density at radius 3 is 2.65 bits per heavy atom. The molecule has 0 radical (unpaired) electrons. The summed E-state index contributed by atoms with van der Waals surface area (Å²) >= 11 is 0. The van der Waals surface area contributed by atoms with E-state index in [1.54, 1.807) is 26.2 Å². The predicted molar refractivity (Wildman–Crippen MR) is 148 cm³/mol. The Kier molecular flexibility index (Phi) is 9.64. The smallest absolute Gasteiger partial charge is 0.414 e. The number of benzene rings is 2. The summed E-state index contributed by atoms with van der Waals surface area (Å²) in [5, 5.41) is 14.5. The second kappa shape index (κ2) is 13.0. The fourth-order valence-electron chi connectivity index (χ4n) is 4.57. The number of nitrogens with one attached hydrogen (secondary N) is 3. The van der Waals surface area contributed by atoms with E-state index >= 15 is 4.39 Å². The predicted octanol–water partition coefficient (Wildman–Crippen LogP) is 2.49. The quantitative estimate of drug-likeness (QED) is 0.338. The molecule has 2 aromatic rings. The molecule has 40 heavy (non-hydrogen) atoms. The van der Waals surface area contributed by atoms with Crippen molar-refractivity contribution in [3.63, 3.8) is 0 Å². The van der Waals surface area contributed by atoms with E-state index < -0.39 is 28.4 Å². The lowest BCUT2D eigenvalue weighted by atomic mass is 9.91. The maximum Gasteiger partial charge on any atom is 0.414 e. The van der Waals surface area contributed by atoms with Crippen LogP contribution in [0.25, 0.3) is 5.57 Å². The first-order valence-corrected chi connectivity index (χ1v) is 14.4. The molecule has 1 atom stereocenters. The Morgan fingerprint density at radius 2 is 1.95 bits per heavy atom. The van der Waals surface area contributed by atoms with E-state index in [0.717, 1.165) is 32.6 Å². The Labute approximate surface area is 233 Å². The zero-order valence-electron chi connectivity index (χ0n) is 22.7. The van der Waals surface area contributed by atoms with Gasteiger partial charge in [0.1, 0.15) is 11.5 Å². The maximum atomic E-state index is 15.4. The van der Waals surface area contributed by atoms with Crippen molar-refractivity contribution in [2.45, 2.75) is 25.6 Å². The SMILES string of the molecule is CNS(=O)(=O)Nc1cccc(CC2=C(CNCC3CCOCC3)c3ccc(OC(=O)N(C)C)cc3OC2O)c1F. The lowest BCUT2D eigenvalue weighted by Gasteiger charge is -2.30. The van der Waals surface area contributed by atoms with Crippen LogP contribution in [0.1, 0.15) is 24.0 Å². The van der Waals surface area contributed by atoms with Gasteiger partial charge in [0.05, 0.1) is 5.69 Å². The zero-order chi connectivity index (χ0) is 28.9. The number of carbonyl (C=O) groups is 1. The first-order chi connectivity index (χ1) is 19.1. The third-order valence-electron chi connectivity index (χ3n) is 6.82. The number of aliphatic hydroxyl groups excluding tert-OH is 1. The molecule has 13 heteroatoms. The molecule has 1 fully saturated rings. The normalized spacial score (nSPS) is 17.7. The van der Waals surface area contributed by atoms with Crippen LogP contribution in [-0.4, -0.2) is 78.3 Å². The fourth-order valence-corrected chi connectivity index (χ4v) is 5.12. The van der Waals surface area contributed by atoms with Crippen molar-refractivity contribution >= 4 is 27.6 Å². The van der Waals surface area contributed by atoms with Crippen molar-refractivity contribution in [3.8, 4) is 11.5 Å². The molecule has 2 aliphatic heterocycles. The van der Waals surface area contributed by atoms with Crippen LogP contribution in [0.2, 0.25) is 0 Å². The maximum absolute atomic E-state index is 15.4. The Hall–Kier alpha value is -3.23. The van der Waals surface area contributed by atoms with Gasteiger partial charge in [-0.15, -0.1) is 0 Å². The molecule has 4 N–H and O–H groups in total. The van der Waals surface area contributed by atoms with Gasteiger partial charge >= 0.3 is 6.09 Å². The van der Waals surface area contributed by atoms with Gasteiger partial charge in [0.2, 0.25) is 6.29 Å². The summed E-state index contributed by atoms with van der Waals surface area (Å²) in [6, 6.07) is 9.27. The molecular formula is C27H35FN4O7S. The lowest BCUT2D eigenvalue weighted by Crippen LogP contribution is -2.32. The van der Waals surface area contributed by atoms with E-state index in [1.807, 2.05) is 0 Å². The average Bonchev–Trinajstić information content (AvgIpc) is 2.92. The summed E-state index contributed by atoms with van der Waals surface area (Å²) in [7, 11) is 0.417. The highest BCUT2D eigenvalue weighted by molar-refractivity contribution is 7.90. The minimum absolute atomic E-state index is 0.0345. The number of nitrogens with zero attached hydrogens (tertiary/aromatic N) is 1. The number of amides is 1. The van der Waals surface area contributed by atoms with E-state index in [0.29, 0.717) is 34.9 Å². The van der Waals surface area contributed by atoms with Gasteiger partial charge in [0.25, 0.3) is 10.2 Å². The van der Waals surface area contributed by atoms with Crippen molar-refractivity contribution in [1.82, 2.24) is 14.9 Å². The molecule has 2 aromatic carbocycles. The van der Waals surface area contributed by atoms with Gasteiger partial charge in [0.15, 0.2) is 5.82 Å². The summed E-state index contributed by atoms with van der Waals surface area (Å²) in [5.41, 5.74) is 1.77. The second-order valence-electron chi connectivity index (χ2n) is 9.85. The summed E-state index contributed by atoms with van der Waals surface area (Å²) < 4.78 is 60.1. The molecule has 1 saturated heterocycles. The number of halogens is 1. The largest absolute Gasteiger partial charge is 0.460 e. The van der Waals surface area contributed by atoms with Gasteiger partial charge in [-0.25, -0.2) is 13.9 Å². The topological polar surface area (TPSA) is 138 Å². The summed E-state index contributed by atoms with van der Waals surface area (Å²) in [6.45, 7) is 2.54. The zero-order valence-corrected chi connectivity index (χ0v) is 23.5. The van der Waals surface area contributed by atoms with Crippen molar-refractivity contribution in [2.75, 3.05) is 52.2 Å². The monoisotopic (exact) mass is 578 g/mol. The van der Waals surface area contributed by atoms with Crippen LogP contribution >= 0.6 is 0 Å². The molecule has 0 aliphatic carbocycles. The van der Waals surface area contributed by atoms with E-state index in [9.17, 15) is 18.3 Å². The van der Waals surface area contributed by atoms with E-state index in [2.05, 4.69) is 14.8 Å². The number of ether oxygens (including phenoxy) is 3. The first-order valence-electron chi connectivity index (χ1n) is 12.9. The van der Waals surface area contributed by atoms with E-state index in [4.69, 9.17) is 14.2 Å². The minimum atomic E-state index is -3.93. The molecule has 11 nitrogen and oxygen atoms in total. The lowest BCUT2D eigenvalue weighted by molar-refractivity contribution is 0.0101. The van der Waals surface area contributed by atoms with Gasteiger partial charge in [-0.1, -0.05) is 12.1 Å². The van der Waals surface area contributed by atoms with Crippen LogP contribution in [0.5, 0.6) is 11.5 Å². The molecule has 218 valence electrons. The second-order valence-corrected chi connectivity index (χ2v) is 11.5. The molecule has 0 bridgehead atoms. The van der Waals surface area contributed by atoms with Gasteiger partial charge in [-0.2, -0.15) is 8.42 Å². The van der Waals surface area contributed by atoms with Gasteiger partial charge < -0.3 is 29.5 Å². The Bertz CT molecular complexity index is 1360. The fraction of sp³-hybridized carbons (Fsp3) is 0.444. The molecule has 0 spiro atoms. The minimum Gasteiger partial charge on any atom is -0.460 e. The van der Waals surface area contributed by atoms with Crippen LogP contribution in [0.4, 0.5) is 14.9 Å². The summed E-state index contributed by atoms with van der Waals surface area (Å²) in [5.74, 6) is 0.258.